The van der Waals surface area contributed by atoms with Crippen molar-refractivity contribution in [1.82, 2.24) is 14.9 Å². The molecule has 1 spiro atoms. The Labute approximate surface area is 320 Å². The van der Waals surface area contributed by atoms with E-state index < -0.39 is 29.0 Å². The van der Waals surface area contributed by atoms with E-state index in [-0.39, 0.29) is 76.2 Å². The molecule has 0 radical (unpaired) electrons. The smallest absolute Gasteiger partial charge is 0.261 e. The van der Waals surface area contributed by atoms with Gasteiger partial charge in [0.1, 0.15) is 45.2 Å². The molecule has 2 aromatic heterocycles. The van der Waals surface area contributed by atoms with E-state index in [2.05, 4.69) is 10.3 Å². The quantitative estimate of drug-likeness (QED) is 0.170. The van der Waals surface area contributed by atoms with Crippen molar-refractivity contribution in [3.05, 3.63) is 86.1 Å². The number of hydrogen-bond donors (Lipinski definition) is 1. The van der Waals surface area contributed by atoms with E-state index in [9.17, 15) is 19.2 Å². The number of methoxy groups -OCH3 is 5. The Morgan fingerprint density at radius 3 is 2.22 bits per heavy atom. The first-order valence-electron chi connectivity index (χ1n) is 17.3. The Morgan fingerprint density at radius 1 is 0.909 bits per heavy atom. The van der Waals surface area contributed by atoms with Gasteiger partial charge in [-0.1, -0.05) is 18.5 Å². The van der Waals surface area contributed by atoms with Gasteiger partial charge in [-0.15, -0.1) is 0 Å². The fourth-order valence-electron chi connectivity index (χ4n) is 7.43. The number of furan rings is 1. The van der Waals surface area contributed by atoms with Crippen molar-refractivity contribution in [2.24, 2.45) is 5.92 Å². The van der Waals surface area contributed by atoms with Gasteiger partial charge in [-0.3, -0.25) is 23.7 Å². The average Bonchev–Trinajstić information content (AvgIpc) is 3.70. The SMILES string of the molecule is COc1ccc(-c2oc3c(c2CC(=O)NCCn2c(C)nc4cc(OC)c(OC)cc4c2=O)C(=O)C2(Oc4c(Cl)c(OC)cc(OC)c4C2=O)C(C)C3)cc1. The van der Waals surface area contributed by atoms with Gasteiger partial charge in [0.25, 0.3) is 5.56 Å². The molecule has 2 aliphatic rings. The van der Waals surface area contributed by atoms with Gasteiger partial charge < -0.3 is 38.2 Å². The van der Waals surface area contributed by atoms with E-state index in [0.717, 1.165) is 0 Å². The Bertz CT molecular complexity index is 2450. The second-order valence-electron chi connectivity index (χ2n) is 13.2. The van der Waals surface area contributed by atoms with Crippen LogP contribution in [0.4, 0.5) is 0 Å². The van der Waals surface area contributed by atoms with E-state index in [4.69, 9.17) is 44.4 Å². The Kier molecular flexibility index (Phi) is 9.72. The number of halogens is 1. The van der Waals surface area contributed by atoms with E-state index in [1.165, 1.54) is 39.1 Å². The van der Waals surface area contributed by atoms with Crippen LogP contribution in [-0.4, -0.2) is 74.7 Å². The number of carbonyl (C=O) groups excluding carboxylic acids is 3. The van der Waals surface area contributed by atoms with E-state index in [0.29, 0.717) is 45.3 Å². The molecule has 14 nitrogen and oxygen atoms in total. The van der Waals surface area contributed by atoms with Gasteiger partial charge in [-0.25, -0.2) is 4.98 Å². The van der Waals surface area contributed by atoms with Crippen molar-refractivity contribution < 1.29 is 47.2 Å². The van der Waals surface area contributed by atoms with Crippen LogP contribution in [0.3, 0.4) is 0 Å². The third-order valence-corrected chi connectivity index (χ3v) is 10.6. The number of hydrogen-bond acceptors (Lipinski definition) is 12. The molecule has 5 aromatic rings. The molecule has 1 aliphatic carbocycles. The molecule has 3 heterocycles. The van der Waals surface area contributed by atoms with Crippen molar-refractivity contribution in [1.29, 1.82) is 0 Å². The summed E-state index contributed by atoms with van der Waals surface area (Å²) in [5.74, 6) is 0.357. The molecule has 7 rings (SSSR count). The first-order chi connectivity index (χ1) is 26.4. The van der Waals surface area contributed by atoms with Gasteiger partial charge in [-0.2, -0.15) is 0 Å². The molecule has 0 saturated carbocycles. The van der Waals surface area contributed by atoms with Gasteiger partial charge in [0.2, 0.25) is 23.1 Å². The third-order valence-electron chi connectivity index (χ3n) is 10.2. The monoisotopic (exact) mass is 771 g/mol. The topological polar surface area (TPSA) is 167 Å². The maximum absolute atomic E-state index is 14.9. The van der Waals surface area contributed by atoms with Crippen LogP contribution in [0, 0.1) is 12.8 Å². The number of nitrogens with zero attached hydrogens (tertiary/aromatic N) is 2. The molecule has 2 unspecified atom stereocenters. The molecule has 1 aliphatic heterocycles. The fraction of sp³-hybridized carbons (Fsp3) is 0.325. The predicted octanol–water partition coefficient (Wildman–Crippen LogP) is 5.41. The third kappa shape index (κ3) is 5.91. The number of aryl methyl sites for hydroxylation is 1. The van der Waals surface area contributed by atoms with Crippen molar-refractivity contribution >= 4 is 40.0 Å². The van der Waals surface area contributed by atoms with Gasteiger partial charge in [0.05, 0.1) is 58.4 Å². The molecular formula is C40H38ClN3O11. The minimum Gasteiger partial charge on any atom is -0.497 e. The molecule has 286 valence electrons. The summed E-state index contributed by atoms with van der Waals surface area (Å²) in [6, 6.07) is 11.7. The van der Waals surface area contributed by atoms with E-state index in [1.807, 2.05) is 0 Å². The highest BCUT2D eigenvalue weighted by Crippen LogP contribution is 2.54. The molecule has 1 N–H and O–H groups in total. The second kappa shape index (κ2) is 14.3. The summed E-state index contributed by atoms with van der Waals surface area (Å²) in [5.41, 5.74) is -0.914. The first kappa shape index (κ1) is 37.3. The van der Waals surface area contributed by atoms with E-state index in [1.54, 1.807) is 57.4 Å². The summed E-state index contributed by atoms with van der Waals surface area (Å²) in [4.78, 5) is 61.2. The van der Waals surface area contributed by atoms with Crippen LogP contribution in [0.5, 0.6) is 34.5 Å². The fourth-order valence-corrected chi connectivity index (χ4v) is 7.69. The number of nitrogens with one attached hydrogen (secondary N) is 1. The number of rotatable bonds is 11. The molecular weight excluding hydrogens is 734 g/mol. The zero-order valence-electron chi connectivity index (χ0n) is 31.2. The molecule has 0 fully saturated rings. The summed E-state index contributed by atoms with van der Waals surface area (Å²) in [7, 11) is 7.33. The number of fused-ring (bicyclic) bond motifs is 3. The number of carbonyl (C=O) groups is 3. The minimum absolute atomic E-state index is 0.0176. The van der Waals surface area contributed by atoms with E-state index >= 15 is 0 Å². The number of Topliss-reactive ketones (excluding diaryl/α,β-unsaturated/α-hetero) is 2. The predicted molar refractivity (Wildman–Crippen MR) is 201 cm³/mol. The lowest BCUT2D eigenvalue weighted by Gasteiger charge is -2.35. The summed E-state index contributed by atoms with van der Waals surface area (Å²) >= 11 is 6.64. The first-order valence-corrected chi connectivity index (χ1v) is 17.7. The van der Waals surface area contributed by atoms with Crippen LogP contribution in [0.15, 0.2) is 51.7 Å². The Hall–Kier alpha value is -6.02. The zero-order chi connectivity index (χ0) is 39.3. The van der Waals surface area contributed by atoms with Crippen molar-refractivity contribution in [3.8, 4) is 45.8 Å². The lowest BCUT2D eigenvalue weighted by Crippen LogP contribution is -2.56. The maximum atomic E-state index is 14.9. The highest BCUT2D eigenvalue weighted by Gasteiger charge is 2.63. The molecule has 0 bridgehead atoms. The lowest BCUT2D eigenvalue weighted by molar-refractivity contribution is -0.120. The second-order valence-corrected chi connectivity index (χ2v) is 13.6. The van der Waals surface area contributed by atoms with Crippen LogP contribution in [0.2, 0.25) is 5.02 Å². The van der Waals surface area contributed by atoms with Crippen LogP contribution >= 0.6 is 11.6 Å². The number of aromatic nitrogens is 2. The molecule has 55 heavy (non-hydrogen) atoms. The van der Waals surface area contributed by atoms with Gasteiger partial charge in [0.15, 0.2) is 17.2 Å². The van der Waals surface area contributed by atoms with Gasteiger partial charge in [0, 0.05) is 48.7 Å². The van der Waals surface area contributed by atoms with Crippen LogP contribution in [0.25, 0.3) is 22.2 Å². The molecule has 0 saturated heterocycles. The van der Waals surface area contributed by atoms with Gasteiger partial charge in [-0.05, 0) is 37.3 Å². The molecule has 15 heteroatoms. The summed E-state index contributed by atoms with van der Waals surface area (Å²) < 4.78 is 41.2. The van der Waals surface area contributed by atoms with Crippen LogP contribution in [-0.2, 0) is 24.2 Å². The van der Waals surface area contributed by atoms with Crippen molar-refractivity contribution in [2.45, 2.75) is 38.8 Å². The molecule has 3 aromatic carbocycles. The van der Waals surface area contributed by atoms with Crippen molar-refractivity contribution in [3.63, 3.8) is 0 Å². The highest BCUT2D eigenvalue weighted by atomic mass is 35.5. The van der Waals surface area contributed by atoms with Gasteiger partial charge >= 0.3 is 0 Å². The van der Waals surface area contributed by atoms with Crippen LogP contribution in [0.1, 0.15) is 44.8 Å². The Morgan fingerprint density at radius 2 is 1.56 bits per heavy atom. The number of amides is 1. The van der Waals surface area contributed by atoms with Crippen molar-refractivity contribution in [2.75, 3.05) is 42.1 Å². The average molecular weight is 772 g/mol. The number of benzene rings is 3. The summed E-state index contributed by atoms with van der Waals surface area (Å²) in [5, 5.41) is 3.22. The molecule has 2 atom stereocenters. The molecule has 1 amide bonds. The minimum atomic E-state index is -2.01. The lowest BCUT2D eigenvalue weighted by atomic mass is 9.70. The Balaban J connectivity index is 1.22. The van der Waals surface area contributed by atoms with Crippen LogP contribution < -0.4 is 39.3 Å². The maximum Gasteiger partial charge on any atom is 0.261 e. The normalized spacial score (nSPS) is 17.1. The number of ketones is 2. The summed E-state index contributed by atoms with van der Waals surface area (Å²) in [6.07, 6.45) is -0.160. The standard InChI is InChI=1S/C40H38ClN3O11/c1-19-14-29-32(37(46)40(19)38(47)33-28(52-6)18-30(53-7)34(41)36(33)55-40)24(35(54-29)21-8-10-22(49-3)11-9-21)16-31(45)42-12-13-44-20(2)43-25-17-27(51-5)26(50-4)15-23(25)39(44)48/h8-11,15,17-19H,12-14,16H2,1-7H3,(H,42,45). The largest absolute Gasteiger partial charge is 0.497 e. The summed E-state index contributed by atoms with van der Waals surface area (Å²) in [6.45, 7) is 3.59. The number of ether oxygens (including phenoxy) is 6. The highest BCUT2D eigenvalue weighted by molar-refractivity contribution is 6.36. The zero-order valence-corrected chi connectivity index (χ0v) is 32.0.